The molecule has 0 amide bonds. The number of sulfonamides is 1. The summed E-state index contributed by atoms with van der Waals surface area (Å²) in [5.41, 5.74) is 5.64. The van der Waals surface area contributed by atoms with Gasteiger partial charge in [0.2, 0.25) is 10.0 Å². The lowest BCUT2D eigenvalue weighted by Crippen LogP contribution is -2.44. The van der Waals surface area contributed by atoms with Crippen LogP contribution in [0.15, 0.2) is 12.3 Å². The molecule has 1 aliphatic heterocycles. The molecule has 0 spiro atoms. The van der Waals surface area contributed by atoms with E-state index in [1.54, 1.807) is 10.4 Å². The molecule has 0 unspecified atom stereocenters. The molecule has 3 rings (SSSR count). The fourth-order valence-corrected chi connectivity index (χ4v) is 5.56. The van der Waals surface area contributed by atoms with Gasteiger partial charge < -0.3 is 5.73 Å². The first-order chi connectivity index (χ1) is 10.1. The summed E-state index contributed by atoms with van der Waals surface area (Å²) in [5.74, 6) is 0.521. The number of aromatic nitrogens is 2. The highest BCUT2D eigenvalue weighted by molar-refractivity contribution is 7.89. The number of nitrogens with zero attached hydrogens (tertiary/aromatic N) is 3. The van der Waals surface area contributed by atoms with E-state index >= 15 is 0 Å². The van der Waals surface area contributed by atoms with Crippen LogP contribution in [0.4, 0.5) is 5.82 Å². The number of piperidine rings is 1. The molecule has 6 nitrogen and oxygen atoms in total. The van der Waals surface area contributed by atoms with Gasteiger partial charge in [0.1, 0.15) is 5.82 Å². The molecule has 118 valence electrons. The van der Waals surface area contributed by atoms with Crippen LogP contribution in [0.2, 0.25) is 0 Å². The van der Waals surface area contributed by atoms with Crippen molar-refractivity contribution >= 4 is 15.8 Å². The zero-order chi connectivity index (χ0) is 14.9. The average Bonchev–Trinajstić information content (AvgIpc) is 2.95. The smallest absolute Gasteiger partial charge is 0.216 e. The predicted octanol–water partition coefficient (Wildman–Crippen LogP) is 1.76. The molecule has 2 heterocycles. The van der Waals surface area contributed by atoms with Crippen molar-refractivity contribution in [2.45, 2.75) is 56.2 Å². The van der Waals surface area contributed by atoms with Gasteiger partial charge in [-0.3, -0.25) is 4.68 Å². The first-order valence-electron chi connectivity index (χ1n) is 7.87. The number of hydrogen-bond acceptors (Lipinski definition) is 4. The molecule has 1 saturated carbocycles. The van der Waals surface area contributed by atoms with Gasteiger partial charge in [-0.25, -0.2) is 12.7 Å². The van der Waals surface area contributed by atoms with Gasteiger partial charge in [0.05, 0.1) is 11.3 Å². The summed E-state index contributed by atoms with van der Waals surface area (Å²) >= 11 is 0. The van der Waals surface area contributed by atoms with Gasteiger partial charge >= 0.3 is 0 Å². The Morgan fingerprint density at radius 3 is 2.33 bits per heavy atom. The highest BCUT2D eigenvalue weighted by atomic mass is 32.2. The molecule has 0 aromatic carbocycles. The van der Waals surface area contributed by atoms with Crippen LogP contribution in [0, 0.1) is 0 Å². The number of hydrogen-bond donors (Lipinski definition) is 1. The maximum atomic E-state index is 12.7. The second kappa shape index (κ2) is 5.96. The summed E-state index contributed by atoms with van der Waals surface area (Å²) in [6, 6.07) is 2.05. The molecule has 2 N–H and O–H groups in total. The number of nitrogens with two attached hydrogens (primary N) is 1. The summed E-state index contributed by atoms with van der Waals surface area (Å²) in [7, 11) is -3.11. The van der Waals surface area contributed by atoms with Gasteiger partial charge in [-0.1, -0.05) is 19.3 Å². The lowest BCUT2D eigenvalue weighted by atomic mass is 10.0. The van der Waals surface area contributed by atoms with Crippen LogP contribution < -0.4 is 5.73 Å². The van der Waals surface area contributed by atoms with Crippen LogP contribution in [0.1, 0.15) is 51.0 Å². The van der Waals surface area contributed by atoms with Crippen molar-refractivity contribution in [2.75, 3.05) is 18.8 Å². The molecule has 2 fully saturated rings. The van der Waals surface area contributed by atoms with Gasteiger partial charge in [-0.2, -0.15) is 5.10 Å². The molecule has 0 atom stereocenters. The van der Waals surface area contributed by atoms with E-state index in [1.807, 2.05) is 10.9 Å². The second-order valence-electron chi connectivity index (χ2n) is 6.16. The fourth-order valence-electron chi connectivity index (χ4n) is 3.49. The standard InChI is InChI=1S/C14H24N4O2S/c15-14-8-11-18(16-14)12-6-9-17(10-7-12)21(19,20)13-4-2-1-3-5-13/h8,11-13H,1-7,9-10H2,(H2,15,16). The van der Waals surface area contributed by atoms with Crippen LogP contribution >= 0.6 is 0 Å². The highest BCUT2D eigenvalue weighted by Crippen LogP contribution is 2.30. The molecule has 1 aliphatic carbocycles. The molecule has 0 bridgehead atoms. The van der Waals surface area contributed by atoms with Crippen molar-refractivity contribution < 1.29 is 8.42 Å². The summed E-state index contributed by atoms with van der Waals surface area (Å²) in [6.45, 7) is 1.20. The topological polar surface area (TPSA) is 81.2 Å². The quantitative estimate of drug-likeness (QED) is 0.922. The first-order valence-corrected chi connectivity index (χ1v) is 9.37. The van der Waals surface area contributed by atoms with Crippen molar-refractivity contribution in [1.29, 1.82) is 0 Å². The first kappa shape index (κ1) is 14.8. The second-order valence-corrected chi connectivity index (χ2v) is 8.37. The van der Waals surface area contributed by atoms with E-state index in [0.717, 1.165) is 38.5 Å². The van der Waals surface area contributed by atoms with E-state index < -0.39 is 10.0 Å². The number of nitrogen functional groups attached to an aromatic ring is 1. The van der Waals surface area contributed by atoms with Crippen molar-refractivity contribution in [3.05, 3.63) is 12.3 Å². The molecule has 1 saturated heterocycles. The van der Waals surface area contributed by atoms with Gasteiger partial charge in [-0.15, -0.1) is 0 Å². The number of rotatable bonds is 3. The molecule has 7 heteroatoms. The Kier molecular flexibility index (Phi) is 4.21. The van der Waals surface area contributed by atoms with Crippen LogP contribution in [-0.4, -0.2) is 40.8 Å². The minimum absolute atomic E-state index is 0.150. The Morgan fingerprint density at radius 2 is 1.76 bits per heavy atom. The van der Waals surface area contributed by atoms with Crippen molar-refractivity contribution in [3.8, 4) is 0 Å². The number of anilines is 1. The van der Waals surface area contributed by atoms with E-state index in [0.29, 0.717) is 18.9 Å². The lowest BCUT2D eigenvalue weighted by Gasteiger charge is -2.34. The molecule has 1 aromatic rings. The minimum atomic E-state index is -3.11. The maximum Gasteiger partial charge on any atom is 0.216 e. The van der Waals surface area contributed by atoms with E-state index in [1.165, 1.54) is 6.42 Å². The molecule has 2 aliphatic rings. The zero-order valence-corrected chi connectivity index (χ0v) is 13.1. The SMILES string of the molecule is Nc1ccn(C2CCN(S(=O)(=O)C3CCCCC3)CC2)n1. The fraction of sp³-hybridized carbons (Fsp3) is 0.786. The molecular formula is C14H24N4O2S. The third-order valence-electron chi connectivity index (χ3n) is 4.76. The lowest BCUT2D eigenvalue weighted by molar-refractivity contribution is 0.257. The third-order valence-corrected chi connectivity index (χ3v) is 7.16. The molecule has 0 radical (unpaired) electrons. The van der Waals surface area contributed by atoms with Gasteiger partial charge in [0.15, 0.2) is 0 Å². The van der Waals surface area contributed by atoms with Crippen LogP contribution in [0.25, 0.3) is 0 Å². The Hall–Kier alpha value is -1.08. The predicted molar refractivity (Wildman–Crippen MR) is 82.3 cm³/mol. The minimum Gasteiger partial charge on any atom is -0.382 e. The van der Waals surface area contributed by atoms with Gasteiger partial charge in [0, 0.05) is 19.3 Å². The summed E-state index contributed by atoms with van der Waals surface area (Å²) in [5, 5.41) is 4.09. The summed E-state index contributed by atoms with van der Waals surface area (Å²) in [4.78, 5) is 0. The van der Waals surface area contributed by atoms with E-state index in [9.17, 15) is 8.42 Å². The largest absolute Gasteiger partial charge is 0.382 e. The molecular weight excluding hydrogens is 288 g/mol. The Bertz CT molecular complexity index is 570. The van der Waals surface area contributed by atoms with Crippen LogP contribution in [0.3, 0.4) is 0 Å². The van der Waals surface area contributed by atoms with Crippen molar-refractivity contribution in [1.82, 2.24) is 14.1 Å². The van der Waals surface area contributed by atoms with E-state index in [4.69, 9.17) is 5.73 Å². The Balaban J connectivity index is 1.62. The van der Waals surface area contributed by atoms with Crippen molar-refractivity contribution in [2.24, 2.45) is 0 Å². The summed E-state index contributed by atoms with van der Waals surface area (Å²) < 4.78 is 28.9. The van der Waals surface area contributed by atoms with Crippen molar-refractivity contribution in [3.63, 3.8) is 0 Å². The van der Waals surface area contributed by atoms with Crippen LogP contribution in [0.5, 0.6) is 0 Å². The van der Waals surface area contributed by atoms with E-state index in [2.05, 4.69) is 5.10 Å². The molecule has 21 heavy (non-hydrogen) atoms. The zero-order valence-electron chi connectivity index (χ0n) is 12.3. The average molecular weight is 312 g/mol. The molecule has 1 aromatic heterocycles. The maximum absolute atomic E-state index is 12.7. The third kappa shape index (κ3) is 3.08. The van der Waals surface area contributed by atoms with E-state index in [-0.39, 0.29) is 11.3 Å². The highest BCUT2D eigenvalue weighted by Gasteiger charge is 2.35. The van der Waals surface area contributed by atoms with Gasteiger partial charge in [-0.05, 0) is 31.7 Å². The van der Waals surface area contributed by atoms with Gasteiger partial charge in [0.25, 0.3) is 0 Å². The Morgan fingerprint density at radius 1 is 1.10 bits per heavy atom. The normalized spacial score (nSPS) is 23.4. The Labute approximate surface area is 126 Å². The van der Waals surface area contributed by atoms with Crippen LogP contribution in [-0.2, 0) is 10.0 Å². The summed E-state index contributed by atoms with van der Waals surface area (Å²) in [6.07, 6.45) is 8.44. The monoisotopic (exact) mass is 312 g/mol.